The maximum Gasteiger partial charge on any atom is 0.417 e. The molecular formula is C29H21Cl2F3N2O5S. The minimum Gasteiger partial charge on any atom is -0.456 e. The van der Waals surface area contributed by atoms with Gasteiger partial charge in [0.05, 0.1) is 25.9 Å². The van der Waals surface area contributed by atoms with Crippen LogP contribution in [0.2, 0.25) is 10.0 Å². The number of ether oxygens (including phenoxy) is 1. The van der Waals surface area contributed by atoms with Crippen molar-refractivity contribution in [1.82, 2.24) is 5.32 Å². The van der Waals surface area contributed by atoms with Gasteiger partial charge in [0.1, 0.15) is 11.5 Å². The molecule has 0 aliphatic heterocycles. The number of alkyl halides is 3. The first kappa shape index (κ1) is 30.9. The number of imide groups is 1. The second-order valence-electron chi connectivity index (χ2n) is 8.99. The van der Waals surface area contributed by atoms with E-state index in [1.807, 2.05) is 5.32 Å². The zero-order valence-electron chi connectivity index (χ0n) is 21.8. The Balaban J connectivity index is 1.49. The number of benzene rings is 4. The number of halogens is 5. The maximum atomic E-state index is 13.2. The Morgan fingerprint density at radius 3 is 2.02 bits per heavy atom. The molecule has 2 N–H and O–H groups in total. The molecule has 4 rings (SSSR count). The average Bonchev–Trinajstić information content (AvgIpc) is 2.94. The van der Waals surface area contributed by atoms with Gasteiger partial charge in [-0.3, -0.25) is 10.1 Å². The summed E-state index contributed by atoms with van der Waals surface area (Å²) in [6.07, 6.45) is -4.78. The van der Waals surface area contributed by atoms with E-state index in [4.69, 9.17) is 27.9 Å². The number of sulfone groups is 1. The van der Waals surface area contributed by atoms with E-state index >= 15 is 0 Å². The Kier molecular flexibility index (Phi) is 8.86. The van der Waals surface area contributed by atoms with E-state index < -0.39 is 39.1 Å². The van der Waals surface area contributed by atoms with Crippen LogP contribution in [0.5, 0.6) is 11.5 Å². The second kappa shape index (κ2) is 12.0. The van der Waals surface area contributed by atoms with Crippen LogP contribution in [0.1, 0.15) is 27.0 Å². The van der Waals surface area contributed by atoms with Crippen LogP contribution >= 0.6 is 23.2 Å². The van der Waals surface area contributed by atoms with Crippen LogP contribution in [-0.2, 0) is 16.0 Å². The van der Waals surface area contributed by atoms with Gasteiger partial charge in [-0.2, -0.15) is 13.2 Å². The van der Waals surface area contributed by atoms with E-state index in [0.717, 1.165) is 18.2 Å². The molecule has 7 nitrogen and oxygen atoms in total. The highest BCUT2D eigenvalue weighted by atomic mass is 35.5. The number of urea groups is 1. The molecule has 0 bridgehead atoms. The number of nitrogens with one attached hydrogen (secondary N) is 2. The minimum absolute atomic E-state index is 0.0362. The highest BCUT2D eigenvalue weighted by molar-refractivity contribution is 7.91. The molecule has 0 atom stereocenters. The zero-order valence-corrected chi connectivity index (χ0v) is 24.2. The number of carbonyl (C=O) groups is 2. The van der Waals surface area contributed by atoms with Crippen molar-refractivity contribution in [3.63, 3.8) is 0 Å². The minimum atomic E-state index is -4.78. The molecule has 0 aliphatic carbocycles. The molecule has 0 spiro atoms. The van der Waals surface area contributed by atoms with E-state index in [-0.39, 0.29) is 32.0 Å². The third kappa shape index (κ3) is 6.70. The van der Waals surface area contributed by atoms with Crippen molar-refractivity contribution in [2.75, 3.05) is 5.32 Å². The van der Waals surface area contributed by atoms with Crippen molar-refractivity contribution in [1.29, 1.82) is 0 Å². The van der Waals surface area contributed by atoms with Gasteiger partial charge in [0.15, 0.2) is 0 Å². The molecule has 4 aromatic rings. The number of aryl methyl sites for hydroxylation is 1. The van der Waals surface area contributed by atoms with E-state index in [1.165, 1.54) is 60.7 Å². The molecule has 4 aromatic carbocycles. The molecule has 0 saturated carbocycles. The first-order valence-corrected chi connectivity index (χ1v) is 14.3. The Bertz CT molecular complexity index is 1780. The Morgan fingerprint density at radius 2 is 1.43 bits per heavy atom. The van der Waals surface area contributed by atoms with Crippen LogP contribution in [0.4, 0.5) is 23.7 Å². The van der Waals surface area contributed by atoms with Crippen LogP contribution in [-0.4, -0.2) is 20.4 Å². The number of rotatable bonds is 6. The van der Waals surface area contributed by atoms with Crippen molar-refractivity contribution < 1.29 is 35.9 Å². The van der Waals surface area contributed by atoms with Crippen molar-refractivity contribution in [2.24, 2.45) is 0 Å². The summed E-state index contributed by atoms with van der Waals surface area (Å²) in [5.74, 6) is -0.729. The first-order valence-electron chi connectivity index (χ1n) is 12.1. The van der Waals surface area contributed by atoms with Gasteiger partial charge >= 0.3 is 12.2 Å². The normalized spacial score (nSPS) is 11.6. The molecule has 0 saturated heterocycles. The van der Waals surface area contributed by atoms with Crippen LogP contribution in [0, 0.1) is 13.8 Å². The Hall–Kier alpha value is -4.06. The Morgan fingerprint density at radius 1 is 0.857 bits per heavy atom. The number of hydrogen-bond acceptors (Lipinski definition) is 5. The lowest BCUT2D eigenvalue weighted by Crippen LogP contribution is -2.35. The molecular weight excluding hydrogens is 616 g/mol. The largest absolute Gasteiger partial charge is 0.456 e. The van der Waals surface area contributed by atoms with Gasteiger partial charge in [-0.1, -0.05) is 35.3 Å². The van der Waals surface area contributed by atoms with Crippen LogP contribution in [0.3, 0.4) is 0 Å². The quantitative estimate of drug-likeness (QED) is 0.222. The molecule has 0 aliphatic rings. The highest BCUT2D eigenvalue weighted by Crippen LogP contribution is 2.39. The monoisotopic (exact) mass is 636 g/mol. The SMILES string of the molecule is Cc1cc(NC(=O)NC(=O)c2ccccc2C(F)(F)F)c(C)c(Cl)c1Oc1ccc(S(=O)(=O)c2ccc(Cl)cc2)cc1. The van der Waals surface area contributed by atoms with Gasteiger partial charge in [-0.15, -0.1) is 0 Å². The van der Waals surface area contributed by atoms with Gasteiger partial charge in [-0.25, -0.2) is 13.2 Å². The molecule has 0 fully saturated rings. The third-order valence-electron chi connectivity index (χ3n) is 6.08. The first-order chi connectivity index (χ1) is 19.7. The van der Waals surface area contributed by atoms with Gasteiger partial charge in [-0.05, 0) is 91.7 Å². The van der Waals surface area contributed by atoms with Crippen molar-refractivity contribution in [3.8, 4) is 11.5 Å². The fourth-order valence-electron chi connectivity index (χ4n) is 3.91. The summed E-state index contributed by atoms with van der Waals surface area (Å²) < 4.78 is 71.4. The second-order valence-corrected chi connectivity index (χ2v) is 11.8. The summed E-state index contributed by atoms with van der Waals surface area (Å²) in [5.41, 5.74) is -0.891. The summed E-state index contributed by atoms with van der Waals surface area (Å²) in [6.45, 7) is 3.20. The fraction of sp³-hybridized carbons (Fsp3) is 0.103. The maximum absolute atomic E-state index is 13.2. The third-order valence-corrected chi connectivity index (χ3v) is 8.57. The van der Waals surface area contributed by atoms with Crippen molar-refractivity contribution in [2.45, 2.75) is 29.8 Å². The van der Waals surface area contributed by atoms with Crippen LogP contribution in [0.25, 0.3) is 0 Å². The van der Waals surface area contributed by atoms with Crippen molar-refractivity contribution in [3.05, 3.63) is 111 Å². The molecule has 0 heterocycles. The fourth-order valence-corrected chi connectivity index (χ4v) is 5.59. The smallest absolute Gasteiger partial charge is 0.417 e. The van der Waals surface area contributed by atoms with Gasteiger partial charge in [0.25, 0.3) is 5.91 Å². The lowest BCUT2D eigenvalue weighted by atomic mass is 10.1. The van der Waals surface area contributed by atoms with Gasteiger partial charge < -0.3 is 10.1 Å². The number of carbonyl (C=O) groups excluding carboxylic acids is 2. The Labute approximate surface area is 249 Å². The van der Waals surface area contributed by atoms with E-state index in [1.54, 1.807) is 13.8 Å². The molecule has 0 unspecified atom stereocenters. The number of anilines is 1. The summed E-state index contributed by atoms with van der Waals surface area (Å²) in [6, 6.07) is 16.0. The zero-order chi connectivity index (χ0) is 30.8. The highest BCUT2D eigenvalue weighted by Gasteiger charge is 2.35. The summed E-state index contributed by atoms with van der Waals surface area (Å²) in [7, 11) is -3.79. The average molecular weight is 637 g/mol. The predicted octanol–water partition coefficient (Wildman–Crippen LogP) is 8.22. The lowest BCUT2D eigenvalue weighted by molar-refractivity contribution is -0.137. The van der Waals surface area contributed by atoms with Gasteiger partial charge in [0, 0.05) is 10.7 Å². The van der Waals surface area contributed by atoms with E-state index in [0.29, 0.717) is 16.1 Å². The van der Waals surface area contributed by atoms with Gasteiger partial charge in [0.2, 0.25) is 9.84 Å². The molecule has 0 aromatic heterocycles. The summed E-state index contributed by atoms with van der Waals surface area (Å²) >= 11 is 12.4. The molecule has 13 heteroatoms. The van der Waals surface area contributed by atoms with Crippen LogP contribution < -0.4 is 15.4 Å². The van der Waals surface area contributed by atoms with E-state index in [2.05, 4.69) is 5.32 Å². The number of amides is 3. The van der Waals surface area contributed by atoms with Crippen molar-refractivity contribution >= 4 is 50.7 Å². The molecule has 3 amide bonds. The summed E-state index contributed by atoms with van der Waals surface area (Å²) in [4.78, 5) is 25.0. The summed E-state index contributed by atoms with van der Waals surface area (Å²) in [5, 5.41) is 4.82. The van der Waals surface area contributed by atoms with Crippen LogP contribution in [0.15, 0.2) is 88.7 Å². The number of hydrogen-bond donors (Lipinski definition) is 2. The standard InChI is InChI=1S/C29H21Cl2F3N2O5S/c1-16-15-24(35-28(38)36-27(37)22-5-3-4-6-23(22)29(32,33)34)17(2)25(31)26(16)41-19-9-13-21(14-10-19)42(39,40)20-11-7-18(30)8-12-20/h3-15H,1-2H3,(H2,35,36,37,38). The van der Waals surface area contributed by atoms with E-state index in [9.17, 15) is 31.2 Å². The molecule has 218 valence electrons. The predicted molar refractivity (Wildman–Crippen MR) is 152 cm³/mol. The molecule has 0 radical (unpaired) electrons. The molecule has 42 heavy (non-hydrogen) atoms. The lowest BCUT2D eigenvalue weighted by Gasteiger charge is -2.17. The topological polar surface area (TPSA) is 102 Å².